The number of thioether (sulfide) groups is 1. The van der Waals surface area contributed by atoms with E-state index in [1.54, 1.807) is 0 Å². The summed E-state index contributed by atoms with van der Waals surface area (Å²) in [6.07, 6.45) is 1.91. The van der Waals surface area contributed by atoms with Gasteiger partial charge < -0.3 is 14.5 Å². The molecule has 0 atom stereocenters. The third-order valence-corrected chi connectivity index (χ3v) is 7.09. The molecule has 5 rings (SSSR count). The summed E-state index contributed by atoms with van der Waals surface area (Å²) in [6, 6.07) is 23.7. The lowest BCUT2D eigenvalue weighted by molar-refractivity contribution is -0.114. The number of para-hydroxylation sites is 1. The third-order valence-electron chi connectivity index (χ3n) is 6.01. The van der Waals surface area contributed by atoms with Crippen molar-refractivity contribution in [1.29, 1.82) is 0 Å². The van der Waals surface area contributed by atoms with Gasteiger partial charge in [-0.3, -0.25) is 9.59 Å². The van der Waals surface area contributed by atoms with Crippen molar-refractivity contribution in [3.05, 3.63) is 100.0 Å². The highest BCUT2D eigenvalue weighted by Crippen LogP contribution is 2.42. The standard InChI is InChI=1S/C28H26N2O3S/c1-20-5-4-6-22(17-20)19-30-24-7-2-3-8-25(24)34-26(28(30)32)18-21-9-11-23(12-10-21)27(31)29-13-15-33-16-14-29/h2-12,17-18H,13-16,19H2,1H3. The molecule has 0 unspecified atom stereocenters. The summed E-state index contributed by atoms with van der Waals surface area (Å²) in [4.78, 5) is 31.6. The van der Waals surface area contributed by atoms with Gasteiger partial charge in [-0.15, -0.1) is 0 Å². The SMILES string of the molecule is Cc1cccc(CN2C(=O)C(=Cc3ccc(C(=O)N4CCOCC4)cc3)Sc3ccccc32)c1. The van der Waals surface area contributed by atoms with Gasteiger partial charge in [0.2, 0.25) is 0 Å². The number of hydrogen-bond donors (Lipinski definition) is 0. The smallest absolute Gasteiger partial charge is 0.265 e. The monoisotopic (exact) mass is 470 g/mol. The Bertz CT molecular complexity index is 1250. The predicted molar refractivity (Wildman–Crippen MR) is 136 cm³/mol. The third kappa shape index (κ3) is 4.79. The number of rotatable bonds is 4. The molecule has 0 aliphatic carbocycles. The quantitative estimate of drug-likeness (QED) is 0.495. The summed E-state index contributed by atoms with van der Waals surface area (Å²) in [6.45, 7) is 4.97. The molecule has 2 aliphatic rings. The summed E-state index contributed by atoms with van der Waals surface area (Å²) in [7, 11) is 0. The fourth-order valence-electron chi connectivity index (χ4n) is 4.23. The summed E-state index contributed by atoms with van der Waals surface area (Å²) in [5.41, 5.74) is 4.75. The van der Waals surface area contributed by atoms with Crippen LogP contribution in [0, 0.1) is 6.92 Å². The largest absolute Gasteiger partial charge is 0.378 e. The number of fused-ring (bicyclic) bond motifs is 1. The minimum absolute atomic E-state index is 0.0151. The number of carbonyl (C=O) groups excluding carboxylic acids is 2. The highest BCUT2D eigenvalue weighted by molar-refractivity contribution is 8.04. The molecular weight excluding hydrogens is 444 g/mol. The zero-order valence-electron chi connectivity index (χ0n) is 19.1. The summed E-state index contributed by atoms with van der Waals surface area (Å²) in [5.74, 6) is 0.00236. The van der Waals surface area contributed by atoms with Gasteiger partial charge in [0.15, 0.2) is 0 Å². The second kappa shape index (κ2) is 9.87. The van der Waals surface area contributed by atoms with Gasteiger partial charge in [-0.25, -0.2) is 0 Å². The van der Waals surface area contributed by atoms with E-state index in [-0.39, 0.29) is 11.8 Å². The zero-order valence-corrected chi connectivity index (χ0v) is 19.9. The van der Waals surface area contributed by atoms with E-state index in [2.05, 4.69) is 25.1 Å². The van der Waals surface area contributed by atoms with E-state index < -0.39 is 0 Å². The van der Waals surface area contributed by atoms with Crippen LogP contribution in [0.15, 0.2) is 82.6 Å². The van der Waals surface area contributed by atoms with Crippen molar-refractivity contribution in [2.45, 2.75) is 18.4 Å². The molecule has 3 aromatic rings. The Hall–Kier alpha value is -3.35. The van der Waals surface area contributed by atoms with E-state index in [0.29, 0.717) is 43.3 Å². The first-order valence-corrected chi connectivity index (χ1v) is 12.2. The van der Waals surface area contributed by atoms with Crippen LogP contribution in [0.2, 0.25) is 0 Å². The first-order chi connectivity index (χ1) is 16.6. The highest BCUT2D eigenvalue weighted by Gasteiger charge is 2.29. The van der Waals surface area contributed by atoms with Gasteiger partial charge in [0.1, 0.15) is 0 Å². The fourth-order valence-corrected chi connectivity index (χ4v) is 5.29. The minimum atomic E-state index is -0.0151. The number of benzene rings is 3. The van der Waals surface area contributed by atoms with E-state index in [4.69, 9.17) is 4.74 Å². The van der Waals surface area contributed by atoms with Crippen molar-refractivity contribution in [2.24, 2.45) is 0 Å². The molecule has 0 saturated carbocycles. The Kier molecular flexibility index (Phi) is 6.52. The molecule has 34 heavy (non-hydrogen) atoms. The van der Waals surface area contributed by atoms with Gasteiger partial charge in [0.25, 0.3) is 11.8 Å². The number of nitrogens with zero attached hydrogens (tertiary/aromatic N) is 2. The number of ether oxygens (including phenoxy) is 1. The molecule has 0 N–H and O–H groups in total. The normalized spacial score (nSPS) is 17.1. The fraction of sp³-hybridized carbons (Fsp3) is 0.214. The Morgan fingerprint density at radius 3 is 2.53 bits per heavy atom. The van der Waals surface area contributed by atoms with Gasteiger partial charge in [0, 0.05) is 23.5 Å². The lowest BCUT2D eigenvalue weighted by Gasteiger charge is -2.30. The van der Waals surface area contributed by atoms with Crippen LogP contribution in [0.1, 0.15) is 27.0 Å². The van der Waals surface area contributed by atoms with Crippen molar-refractivity contribution in [3.8, 4) is 0 Å². The average Bonchev–Trinajstić information content (AvgIpc) is 2.87. The summed E-state index contributed by atoms with van der Waals surface area (Å²) < 4.78 is 5.34. The Morgan fingerprint density at radius 2 is 1.76 bits per heavy atom. The first kappa shape index (κ1) is 22.4. The average molecular weight is 471 g/mol. The van der Waals surface area contributed by atoms with E-state index in [9.17, 15) is 9.59 Å². The van der Waals surface area contributed by atoms with Gasteiger partial charge in [-0.2, -0.15) is 0 Å². The molecule has 1 fully saturated rings. The van der Waals surface area contributed by atoms with Crippen molar-refractivity contribution in [3.63, 3.8) is 0 Å². The van der Waals surface area contributed by atoms with Crippen molar-refractivity contribution in [2.75, 3.05) is 31.2 Å². The second-order valence-corrected chi connectivity index (χ2v) is 9.57. The Morgan fingerprint density at radius 1 is 1.00 bits per heavy atom. The molecule has 3 aromatic carbocycles. The second-order valence-electron chi connectivity index (χ2n) is 8.49. The van der Waals surface area contributed by atoms with E-state index in [1.165, 1.54) is 17.3 Å². The van der Waals surface area contributed by atoms with Crippen LogP contribution in [0.3, 0.4) is 0 Å². The molecule has 0 aromatic heterocycles. The van der Waals surface area contributed by atoms with Crippen LogP contribution in [0.5, 0.6) is 0 Å². The van der Waals surface area contributed by atoms with Gasteiger partial charge >= 0.3 is 0 Å². The molecule has 2 amide bonds. The van der Waals surface area contributed by atoms with Gasteiger partial charge in [0.05, 0.1) is 30.4 Å². The minimum Gasteiger partial charge on any atom is -0.378 e. The Labute approximate surface area is 204 Å². The van der Waals surface area contributed by atoms with Gasteiger partial charge in [-0.1, -0.05) is 65.9 Å². The van der Waals surface area contributed by atoms with Crippen molar-refractivity contribution < 1.29 is 14.3 Å². The molecule has 0 radical (unpaired) electrons. The molecule has 1 saturated heterocycles. The maximum atomic E-state index is 13.5. The van der Waals surface area contributed by atoms with Crippen LogP contribution in [0.25, 0.3) is 6.08 Å². The van der Waals surface area contributed by atoms with Crippen LogP contribution < -0.4 is 4.90 Å². The van der Waals surface area contributed by atoms with E-state index >= 15 is 0 Å². The molecule has 6 heteroatoms. The predicted octanol–water partition coefficient (Wildman–Crippen LogP) is 5.15. The summed E-state index contributed by atoms with van der Waals surface area (Å²) in [5, 5.41) is 0. The Balaban J connectivity index is 1.40. The van der Waals surface area contributed by atoms with Gasteiger partial charge in [-0.05, 0) is 48.4 Å². The lowest BCUT2D eigenvalue weighted by atomic mass is 10.1. The first-order valence-electron chi connectivity index (χ1n) is 11.4. The molecule has 5 nitrogen and oxygen atoms in total. The van der Waals surface area contributed by atoms with Crippen LogP contribution in [0.4, 0.5) is 5.69 Å². The van der Waals surface area contributed by atoms with Crippen LogP contribution >= 0.6 is 11.8 Å². The molecule has 2 aliphatic heterocycles. The number of hydrogen-bond acceptors (Lipinski definition) is 4. The number of morpholine rings is 1. The molecule has 0 bridgehead atoms. The topological polar surface area (TPSA) is 49.9 Å². The molecule has 0 spiro atoms. The van der Waals surface area contributed by atoms with Crippen molar-refractivity contribution in [1.82, 2.24) is 4.90 Å². The lowest BCUT2D eigenvalue weighted by Crippen LogP contribution is -2.40. The van der Waals surface area contributed by atoms with E-state index in [0.717, 1.165) is 21.7 Å². The van der Waals surface area contributed by atoms with Crippen molar-refractivity contribution >= 4 is 35.3 Å². The van der Waals surface area contributed by atoms with Crippen LogP contribution in [-0.4, -0.2) is 43.0 Å². The molecule has 172 valence electrons. The zero-order chi connectivity index (χ0) is 23.5. The molecule has 2 heterocycles. The maximum absolute atomic E-state index is 13.5. The number of carbonyl (C=O) groups is 2. The summed E-state index contributed by atoms with van der Waals surface area (Å²) >= 11 is 1.49. The number of anilines is 1. The number of aryl methyl sites for hydroxylation is 1. The highest BCUT2D eigenvalue weighted by atomic mass is 32.2. The van der Waals surface area contributed by atoms with E-state index in [1.807, 2.05) is 70.5 Å². The number of amides is 2. The van der Waals surface area contributed by atoms with Crippen LogP contribution in [-0.2, 0) is 16.1 Å². The molecular formula is C28H26N2O3S. The maximum Gasteiger partial charge on any atom is 0.265 e.